The zero-order valence-electron chi connectivity index (χ0n) is 13.7. The largest absolute Gasteiger partial charge is 0.481 e. The van der Waals surface area contributed by atoms with Crippen molar-refractivity contribution in [3.8, 4) is 22.4 Å². The highest BCUT2D eigenvalue weighted by atomic mass is 35.5. The van der Waals surface area contributed by atoms with Gasteiger partial charge >= 0.3 is 5.97 Å². The van der Waals surface area contributed by atoms with Crippen LogP contribution in [0, 0.1) is 0 Å². The molecule has 2 aromatic carbocycles. The molecule has 0 saturated heterocycles. The smallest absolute Gasteiger partial charge is 0.309 e. The fourth-order valence-corrected chi connectivity index (χ4v) is 3.90. The van der Waals surface area contributed by atoms with Crippen LogP contribution in [-0.4, -0.2) is 16.1 Å². The number of pyridine rings is 1. The van der Waals surface area contributed by atoms with E-state index in [1.54, 1.807) is 36.4 Å². The minimum atomic E-state index is -1.05. The van der Waals surface area contributed by atoms with Crippen molar-refractivity contribution >= 4 is 75.6 Å². The van der Waals surface area contributed by atoms with Crippen LogP contribution in [-0.2, 0) is 11.2 Å². The maximum atomic E-state index is 11.4. The lowest BCUT2D eigenvalue weighted by molar-refractivity contribution is -0.136. The van der Waals surface area contributed by atoms with Crippen molar-refractivity contribution in [3.05, 3.63) is 72.2 Å². The van der Waals surface area contributed by atoms with Gasteiger partial charge in [-0.05, 0) is 24.3 Å². The average Bonchev–Trinajstić information content (AvgIpc) is 2.65. The molecule has 3 rings (SSSR count). The summed E-state index contributed by atoms with van der Waals surface area (Å²) >= 11 is 36.8. The molecule has 0 radical (unpaired) electrons. The van der Waals surface area contributed by atoms with Crippen molar-refractivity contribution in [2.24, 2.45) is 0 Å². The van der Waals surface area contributed by atoms with Crippen LogP contribution in [0.3, 0.4) is 0 Å². The number of carboxylic acid groups (broad SMARTS) is 1. The molecule has 0 atom stereocenters. The number of carboxylic acids is 1. The summed E-state index contributed by atoms with van der Waals surface area (Å²) in [6.07, 6.45) is -0.335. The number of halogens is 6. The summed E-state index contributed by atoms with van der Waals surface area (Å²) in [5, 5.41) is 10.7. The number of rotatable bonds is 4. The van der Waals surface area contributed by atoms with E-state index < -0.39 is 5.97 Å². The molecule has 0 bridgehead atoms. The molecule has 0 unspecified atom stereocenters. The second-order valence-corrected chi connectivity index (χ2v) is 8.03. The van der Waals surface area contributed by atoms with Gasteiger partial charge in [-0.15, -0.1) is 0 Å². The van der Waals surface area contributed by atoms with Gasteiger partial charge in [0, 0.05) is 16.7 Å². The molecule has 1 heterocycles. The van der Waals surface area contributed by atoms with Crippen LogP contribution in [0.5, 0.6) is 0 Å². The quantitative estimate of drug-likeness (QED) is 0.373. The molecule has 0 amide bonds. The van der Waals surface area contributed by atoms with Crippen LogP contribution in [0.4, 0.5) is 0 Å². The van der Waals surface area contributed by atoms with Gasteiger partial charge in [0.15, 0.2) is 0 Å². The van der Waals surface area contributed by atoms with Crippen molar-refractivity contribution < 1.29 is 9.90 Å². The summed E-state index contributed by atoms with van der Waals surface area (Å²) in [6, 6.07) is 9.88. The van der Waals surface area contributed by atoms with E-state index in [2.05, 4.69) is 4.98 Å². The Bertz CT molecular complexity index is 1100. The van der Waals surface area contributed by atoms with E-state index in [0.717, 1.165) is 0 Å². The Hall–Kier alpha value is -1.20. The zero-order valence-corrected chi connectivity index (χ0v) is 18.3. The van der Waals surface area contributed by atoms with E-state index in [0.29, 0.717) is 32.4 Å². The molecule has 0 aliphatic rings. The highest BCUT2D eigenvalue weighted by Crippen LogP contribution is 2.41. The van der Waals surface area contributed by atoms with Gasteiger partial charge < -0.3 is 5.11 Å². The lowest BCUT2D eigenvalue weighted by atomic mass is 10.00. The third kappa shape index (κ3) is 4.20. The molecule has 3 nitrogen and oxygen atoms in total. The molecule has 3 aromatic rings. The molecule has 0 aliphatic carbocycles. The van der Waals surface area contributed by atoms with Crippen molar-refractivity contribution in [1.29, 1.82) is 0 Å². The van der Waals surface area contributed by atoms with Gasteiger partial charge in [-0.3, -0.25) is 9.78 Å². The minimum absolute atomic E-state index is 0.179. The summed E-state index contributed by atoms with van der Waals surface area (Å²) in [4.78, 5) is 15.9. The maximum Gasteiger partial charge on any atom is 0.309 e. The summed E-state index contributed by atoms with van der Waals surface area (Å²) < 4.78 is 0. The first-order chi connectivity index (χ1) is 13.2. The summed E-state index contributed by atoms with van der Waals surface area (Å²) in [7, 11) is 0. The summed E-state index contributed by atoms with van der Waals surface area (Å²) in [5.74, 6) is -1.05. The zero-order chi connectivity index (χ0) is 20.6. The van der Waals surface area contributed by atoms with Crippen LogP contribution in [0.2, 0.25) is 30.1 Å². The molecule has 1 aromatic heterocycles. The van der Waals surface area contributed by atoms with Crippen molar-refractivity contribution in [3.63, 3.8) is 0 Å². The lowest BCUT2D eigenvalue weighted by Gasteiger charge is -2.14. The highest BCUT2D eigenvalue weighted by molar-refractivity contribution is 6.49. The highest BCUT2D eigenvalue weighted by Gasteiger charge is 2.19. The number of aromatic nitrogens is 1. The van der Waals surface area contributed by atoms with Crippen LogP contribution in [0.15, 0.2) is 36.4 Å². The Labute approximate surface area is 190 Å². The standard InChI is InChI=1S/C19H9Cl6NO2/c20-11-4-1-9(16(22)18(11)24)8-3-6-13(26-14(8)7-15(27)28)10-2-5-12(21)19(25)17(10)23/h1-6H,7H2,(H,27,28). The molecule has 9 heteroatoms. The van der Waals surface area contributed by atoms with E-state index in [-0.39, 0.29) is 32.2 Å². The van der Waals surface area contributed by atoms with Gasteiger partial charge in [-0.2, -0.15) is 0 Å². The first-order valence-electron chi connectivity index (χ1n) is 7.70. The number of benzene rings is 2. The van der Waals surface area contributed by atoms with Crippen molar-refractivity contribution in [1.82, 2.24) is 4.98 Å². The third-order valence-corrected chi connectivity index (χ3v) is 6.52. The molecule has 0 spiro atoms. The van der Waals surface area contributed by atoms with E-state index in [9.17, 15) is 9.90 Å². The predicted octanol–water partition coefficient (Wildman–Crippen LogP) is 7.96. The minimum Gasteiger partial charge on any atom is -0.481 e. The molecular formula is C19H9Cl6NO2. The SMILES string of the molecule is O=C(O)Cc1nc(-c2ccc(Cl)c(Cl)c2Cl)ccc1-c1ccc(Cl)c(Cl)c1Cl. The molecule has 0 fully saturated rings. The van der Waals surface area contributed by atoms with Gasteiger partial charge in [0.2, 0.25) is 0 Å². The van der Waals surface area contributed by atoms with Crippen molar-refractivity contribution in [2.45, 2.75) is 6.42 Å². The number of aliphatic carboxylic acids is 1. The van der Waals surface area contributed by atoms with Crippen LogP contribution in [0.1, 0.15) is 5.69 Å². The van der Waals surface area contributed by atoms with E-state index in [4.69, 9.17) is 69.6 Å². The van der Waals surface area contributed by atoms with E-state index in [1.165, 1.54) is 0 Å². The first kappa shape index (κ1) is 21.5. The third-order valence-electron chi connectivity index (χ3n) is 3.93. The second kappa shape index (κ2) is 8.66. The number of carbonyl (C=O) groups is 1. The molecule has 0 saturated carbocycles. The lowest BCUT2D eigenvalue weighted by Crippen LogP contribution is -2.05. The number of hydrogen-bond donors (Lipinski definition) is 1. The molecular weight excluding hydrogens is 487 g/mol. The van der Waals surface area contributed by atoms with Crippen LogP contribution in [0.25, 0.3) is 22.4 Å². The van der Waals surface area contributed by atoms with Gasteiger partial charge in [-0.1, -0.05) is 81.7 Å². The topological polar surface area (TPSA) is 50.2 Å². The van der Waals surface area contributed by atoms with Gasteiger partial charge in [-0.25, -0.2) is 0 Å². The molecule has 0 aliphatic heterocycles. The Morgan fingerprint density at radius 1 is 0.714 bits per heavy atom. The van der Waals surface area contributed by atoms with E-state index >= 15 is 0 Å². The fourth-order valence-electron chi connectivity index (χ4n) is 2.63. The average molecular weight is 496 g/mol. The summed E-state index contributed by atoms with van der Waals surface area (Å²) in [5.41, 5.74) is 2.29. The van der Waals surface area contributed by atoms with E-state index in [1.807, 2.05) is 0 Å². The second-order valence-electron chi connectivity index (χ2n) is 5.71. The molecule has 28 heavy (non-hydrogen) atoms. The Balaban J connectivity index is 2.21. The fraction of sp³-hybridized carbons (Fsp3) is 0.0526. The monoisotopic (exact) mass is 493 g/mol. The Morgan fingerprint density at radius 3 is 1.79 bits per heavy atom. The first-order valence-corrected chi connectivity index (χ1v) is 9.97. The maximum absolute atomic E-state index is 11.4. The molecule has 144 valence electrons. The van der Waals surface area contributed by atoms with Gasteiger partial charge in [0.1, 0.15) is 0 Å². The predicted molar refractivity (Wildman–Crippen MR) is 117 cm³/mol. The Morgan fingerprint density at radius 2 is 1.21 bits per heavy atom. The normalized spacial score (nSPS) is 10.9. The van der Waals surface area contributed by atoms with Gasteiger partial charge in [0.25, 0.3) is 0 Å². The van der Waals surface area contributed by atoms with Crippen molar-refractivity contribution in [2.75, 3.05) is 0 Å². The molecule has 1 N–H and O–H groups in total. The number of nitrogens with zero attached hydrogens (tertiary/aromatic N) is 1. The van der Waals surface area contributed by atoms with Crippen LogP contribution >= 0.6 is 69.6 Å². The van der Waals surface area contributed by atoms with Crippen LogP contribution < -0.4 is 0 Å². The van der Waals surface area contributed by atoms with Gasteiger partial charge in [0.05, 0.1) is 47.9 Å². The number of hydrogen-bond acceptors (Lipinski definition) is 2. The Kier molecular flexibility index (Phi) is 6.65. The summed E-state index contributed by atoms with van der Waals surface area (Å²) in [6.45, 7) is 0.